The van der Waals surface area contributed by atoms with Crippen LogP contribution in [0.2, 0.25) is 0 Å². The molecule has 0 unspecified atom stereocenters. The number of carbonyl (C=O) groups is 1. The molecule has 1 rings (SSSR count). The lowest BCUT2D eigenvalue weighted by atomic mass is 10.2. The van der Waals surface area contributed by atoms with Gasteiger partial charge in [-0.05, 0) is 39.7 Å². The molecule has 1 aromatic rings. The van der Waals surface area contributed by atoms with Gasteiger partial charge in [-0.1, -0.05) is 0 Å². The van der Waals surface area contributed by atoms with Crippen molar-refractivity contribution in [1.82, 2.24) is 0 Å². The molecular weight excluding hydrogens is 250 g/mol. The second-order valence-corrected chi connectivity index (χ2v) is 3.22. The molecule has 0 radical (unpaired) electrons. The van der Waals surface area contributed by atoms with E-state index >= 15 is 0 Å². The van der Waals surface area contributed by atoms with Crippen LogP contribution in [0.4, 0.5) is 4.39 Å². The van der Waals surface area contributed by atoms with Crippen LogP contribution in [0.15, 0.2) is 16.6 Å². The number of phenols is 1. The Balaban J connectivity index is 3.43. The van der Waals surface area contributed by atoms with Gasteiger partial charge in [-0.2, -0.15) is 0 Å². The second kappa shape index (κ2) is 3.41. The first kappa shape index (κ1) is 9.48. The molecule has 0 spiro atoms. The summed E-state index contributed by atoms with van der Waals surface area (Å²) >= 11 is 7.95. The van der Waals surface area contributed by atoms with Crippen molar-refractivity contribution < 1.29 is 14.3 Å². The predicted octanol–water partition coefficient (Wildman–Crippen LogP) is 2.67. The van der Waals surface area contributed by atoms with Crippen molar-refractivity contribution in [3.8, 4) is 5.75 Å². The number of rotatable bonds is 1. The summed E-state index contributed by atoms with van der Waals surface area (Å²) in [5, 5.41) is 8.13. The molecule has 0 bridgehead atoms. The maximum absolute atomic E-state index is 12.8. The monoisotopic (exact) mass is 252 g/mol. The Morgan fingerprint density at radius 3 is 2.58 bits per heavy atom. The zero-order chi connectivity index (χ0) is 9.30. The molecule has 0 amide bonds. The second-order valence-electron chi connectivity index (χ2n) is 2.03. The molecule has 0 aliphatic rings. The van der Waals surface area contributed by atoms with Crippen molar-refractivity contribution >= 4 is 32.8 Å². The minimum Gasteiger partial charge on any atom is -0.506 e. The molecule has 0 aromatic heterocycles. The van der Waals surface area contributed by atoms with Crippen LogP contribution in [-0.4, -0.2) is 10.3 Å². The SMILES string of the molecule is O=C(Cl)c1c(F)ccc(Br)c1O. The standard InChI is InChI=1S/C7H3BrClFO2/c8-3-1-2-4(10)5(6(3)11)7(9)12/h1-2,11H. The number of phenolic OH excluding ortho intramolecular Hbond substituents is 1. The topological polar surface area (TPSA) is 37.3 Å². The van der Waals surface area contributed by atoms with E-state index in [1.165, 1.54) is 6.07 Å². The highest BCUT2D eigenvalue weighted by atomic mass is 79.9. The van der Waals surface area contributed by atoms with E-state index in [-0.39, 0.29) is 4.47 Å². The molecule has 0 aliphatic carbocycles. The van der Waals surface area contributed by atoms with Gasteiger partial charge in [0.1, 0.15) is 17.1 Å². The van der Waals surface area contributed by atoms with Gasteiger partial charge >= 0.3 is 0 Å². The van der Waals surface area contributed by atoms with Crippen LogP contribution in [0.1, 0.15) is 10.4 Å². The van der Waals surface area contributed by atoms with Crippen molar-refractivity contribution in [3.63, 3.8) is 0 Å². The third kappa shape index (κ3) is 1.59. The van der Waals surface area contributed by atoms with Gasteiger partial charge in [0.05, 0.1) is 4.47 Å². The van der Waals surface area contributed by atoms with E-state index in [1.54, 1.807) is 0 Å². The number of aromatic hydroxyl groups is 1. The Kier molecular flexibility index (Phi) is 2.69. The number of hydrogen-bond acceptors (Lipinski definition) is 2. The Labute approximate surface area is 81.1 Å². The van der Waals surface area contributed by atoms with Gasteiger partial charge in [-0.15, -0.1) is 0 Å². The van der Waals surface area contributed by atoms with Crippen LogP contribution >= 0.6 is 27.5 Å². The minimum atomic E-state index is -1.02. The summed E-state index contributed by atoms with van der Waals surface area (Å²) in [6.07, 6.45) is 0. The average Bonchev–Trinajstić information content (AvgIpc) is 1.97. The normalized spacial score (nSPS) is 9.92. The summed E-state index contributed by atoms with van der Waals surface area (Å²) in [6.45, 7) is 0. The molecule has 0 saturated carbocycles. The molecule has 12 heavy (non-hydrogen) atoms. The predicted molar refractivity (Wildman–Crippen MR) is 45.9 cm³/mol. The van der Waals surface area contributed by atoms with Crippen LogP contribution in [0.5, 0.6) is 5.75 Å². The fraction of sp³-hybridized carbons (Fsp3) is 0. The Bertz CT molecular complexity index is 340. The highest BCUT2D eigenvalue weighted by Gasteiger charge is 2.16. The van der Waals surface area contributed by atoms with E-state index < -0.39 is 22.4 Å². The molecule has 0 saturated heterocycles. The van der Waals surface area contributed by atoms with Gasteiger partial charge in [0.2, 0.25) is 0 Å². The first-order valence-electron chi connectivity index (χ1n) is 2.91. The minimum absolute atomic E-state index is 0.230. The lowest BCUT2D eigenvalue weighted by molar-refractivity contribution is 0.107. The van der Waals surface area contributed by atoms with Crippen LogP contribution in [0.3, 0.4) is 0 Å². The first-order valence-corrected chi connectivity index (χ1v) is 4.08. The van der Waals surface area contributed by atoms with Crippen LogP contribution in [0, 0.1) is 5.82 Å². The van der Waals surface area contributed by atoms with Crippen molar-refractivity contribution in [2.45, 2.75) is 0 Å². The molecule has 1 N–H and O–H groups in total. The Morgan fingerprint density at radius 2 is 2.17 bits per heavy atom. The number of hydrogen-bond donors (Lipinski definition) is 1. The number of carbonyl (C=O) groups excluding carboxylic acids is 1. The summed E-state index contributed by atoms with van der Waals surface area (Å²) in [5.74, 6) is -1.31. The zero-order valence-corrected chi connectivity index (χ0v) is 7.99. The van der Waals surface area contributed by atoms with Crippen LogP contribution in [-0.2, 0) is 0 Å². The fourth-order valence-corrected chi connectivity index (χ4v) is 1.24. The Morgan fingerprint density at radius 1 is 1.58 bits per heavy atom. The fourth-order valence-electron chi connectivity index (χ4n) is 0.728. The average molecular weight is 253 g/mol. The van der Waals surface area contributed by atoms with Gasteiger partial charge in [-0.25, -0.2) is 4.39 Å². The highest BCUT2D eigenvalue weighted by Crippen LogP contribution is 2.30. The third-order valence-electron chi connectivity index (χ3n) is 1.27. The smallest absolute Gasteiger partial charge is 0.259 e. The van der Waals surface area contributed by atoms with E-state index in [0.29, 0.717) is 0 Å². The zero-order valence-electron chi connectivity index (χ0n) is 5.64. The maximum Gasteiger partial charge on any atom is 0.259 e. The molecule has 2 nitrogen and oxygen atoms in total. The summed E-state index contributed by atoms with van der Waals surface area (Å²) in [6, 6.07) is 2.33. The molecule has 0 atom stereocenters. The maximum atomic E-state index is 12.8. The lowest BCUT2D eigenvalue weighted by Gasteiger charge is -2.01. The number of halogens is 3. The highest BCUT2D eigenvalue weighted by molar-refractivity contribution is 9.10. The van der Waals surface area contributed by atoms with E-state index in [9.17, 15) is 9.18 Å². The summed E-state index contributed by atoms with van der Waals surface area (Å²) in [7, 11) is 0. The third-order valence-corrected chi connectivity index (χ3v) is 2.10. The summed E-state index contributed by atoms with van der Waals surface area (Å²) < 4.78 is 13.0. The van der Waals surface area contributed by atoms with E-state index in [1.807, 2.05) is 0 Å². The van der Waals surface area contributed by atoms with Gasteiger partial charge in [0.25, 0.3) is 5.24 Å². The summed E-state index contributed by atoms with van der Waals surface area (Å²) in [5.41, 5.74) is -0.508. The van der Waals surface area contributed by atoms with Crippen molar-refractivity contribution in [3.05, 3.63) is 28.0 Å². The lowest BCUT2D eigenvalue weighted by Crippen LogP contribution is -1.95. The van der Waals surface area contributed by atoms with Gasteiger partial charge in [-0.3, -0.25) is 4.79 Å². The van der Waals surface area contributed by atoms with Gasteiger partial charge in [0, 0.05) is 0 Å². The first-order chi connectivity index (χ1) is 5.54. The van der Waals surface area contributed by atoms with Gasteiger partial charge < -0.3 is 5.11 Å². The molecular formula is C7H3BrClFO2. The van der Waals surface area contributed by atoms with Gasteiger partial charge in [0.15, 0.2) is 0 Å². The van der Waals surface area contributed by atoms with Crippen molar-refractivity contribution in [2.75, 3.05) is 0 Å². The summed E-state index contributed by atoms with van der Waals surface area (Å²) in [4.78, 5) is 10.6. The molecule has 5 heteroatoms. The molecule has 0 fully saturated rings. The largest absolute Gasteiger partial charge is 0.506 e. The van der Waals surface area contributed by atoms with Crippen LogP contribution in [0.25, 0.3) is 0 Å². The van der Waals surface area contributed by atoms with E-state index in [0.717, 1.165) is 6.07 Å². The molecule has 0 aliphatic heterocycles. The van der Waals surface area contributed by atoms with Crippen molar-refractivity contribution in [2.24, 2.45) is 0 Å². The van der Waals surface area contributed by atoms with E-state index in [4.69, 9.17) is 16.7 Å². The molecule has 0 heterocycles. The quantitative estimate of drug-likeness (QED) is 0.781. The molecule has 64 valence electrons. The van der Waals surface area contributed by atoms with Crippen molar-refractivity contribution in [1.29, 1.82) is 0 Å². The number of benzene rings is 1. The van der Waals surface area contributed by atoms with E-state index in [2.05, 4.69) is 15.9 Å². The molecule has 1 aromatic carbocycles. The Hall–Kier alpha value is -0.610. The van der Waals surface area contributed by atoms with Crippen LogP contribution < -0.4 is 0 Å².